The normalized spacial score (nSPS) is 12.3. The van der Waals surface area contributed by atoms with Gasteiger partial charge in [-0.25, -0.2) is 4.98 Å². The Morgan fingerprint density at radius 1 is 0.595 bits per heavy atom. The van der Waals surface area contributed by atoms with Gasteiger partial charge in [-0.05, 0) is 74.5 Å². The van der Waals surface area contributed by atoms with E-state index in [0.717, 1.165) is 18.5 Å². The summed E-state index contributed by atoms with van der Waals surface area (Å²) in [4.78, 5) is 5.09. The number of pyridine rings is 1. The molecular weight excluding hydrogens is 448 g/mol. The van der Waals surface area contributed by atoms with E-state index in [-0.39, 0.29) is 0 Å². The zero-order valence-electron chi connectivity index (χ0n) is 21.0. The Morgan fingerprint density at radius 2 is 1.32 bits per heavy atom. The smallest absolute Gasteiger partial charge is 0.145 e. The molecule has 0 atom stereocenters. The number of hydrogen-bond acceptors (Lipinski definition) is 1. The van der Waals surface area contributed by atoms with E-state index in [1.807, 2.05) is 0 Å². The molecule has 0 aliphatic rings. The fourth-order valence-electron chi connectivity index (χ4n) is 6.60. The molecule has 8 rings (SSSR count). The van der Waals surface area contributed by atoms with Crippen LogP contribution in [-0.2, 0) is 12.8 Å². The highest BCUT2D eigenvalue weighted by Crippen LogP contribution is 2.43. The van der Waals surface area contributed by atoms with E-state index < -0.39 is 0 Å². The lowest BCUT2D eigenvalue weighted by Crippen LogP contribution is -2.00. The van der Waals surface area contributed by atoms with Gasteiger partial charge in [0, 0.05) is 21.7 Å². The standard InChI is InChI=1S/C35H26N2/c1-3-21-11-7-12-22(4-2)32(21)31-20-36-35-28-14-8-13-23-15-16-27-29-18-25-10-6-5-9-24(25)17-26(29)19-30(37(31)35)34(27)33(23)28/h5-20H,3-4H2,1-2H3. The summed E-state index contributed by atoms with van der Waals surface area (Å²) in [7, 11) is 0. The van der Waals surface area contributed by atoms with Crippen molar-refractivity contribution in [3.05, 3.63) is 108 Å². The Balaban J connectivity index is 1.65. The van der Waals surface area contributed by atoms with Crippen LogP contribution in [0.15, 0.2) is 97.2 Å². The van der Waals surface area contributed by atoms with Crippen molar-refractivity contribution >= 4 is 59.6 Å². The fraction of sp³-hybridized carbons (Fsp3) is 0.114. The van der Waals surface area contributed by atoms with Crippen LogP contribution in [0, 0.1) is 0 Å². The molecule has 0 saturated heterocycles. The summed E-state index contributed by atoms with van der Waals surface area (Å²) >= 11 is 0. The van der Waals surface area contributed by atoms with Gasteiger partial charge in [0.25, 0.3) is 0 Å². The van der Waals surface area contributed by atoms with Crippen LogP contribution in [0.3, 0.4) is 0 Å². The Kier molecular flexibility index (Phi) is 4.22. The van der Waals surface area contributed by atoms with Crippen LogP contribution >= 0.6 is 0 Å². The second-order valence-corrected chi connectivity index (χ2v) is 10.2. The van der Waals surface area contributed by atoms with Gasteiger partial charge >= 0.3 is 0 Å². The third kappa shape index (κ3) is 2.73. The molecule has 0 amide bonds. The topological polar surface area (TPSA) is 17.3 Å². The molecule has 37 heavy (non-hydrogen) atoms. The number of fused-ring (bicyclic) bond motifs is 6. The van der Waals surface area contributed by atoms with Gasteiger partial charge in [0.2, 0.25) is 0 Å². The maximum absolute atomic E-state index is 5.09. The molecule has 0 bridgehead atoms. The van der Waals surface area contributed by atoms with Crippen molar-refractivity contribution < 1.29 is 0 Å². The third-order valence-electron chi connectivity index (χ3n) is 8.30. The average molecular weight is 475 g/mol. The minimum Gasteiger partial charge on any atom is -0.292 e. The predicted molar refractivity (Wildman–Crippen MR) is 158 cm³/mol. The minimum atomic E-state index is 0.995. The monoisotopic (exact) mass is 474 g/mol. The van der Waals surface area contributed by atoms with Gasteiger partial charge in [0.1, 0.15) is 5.65 Å². The van der Waals surface area contributed by atoms with Gasteiger partial charge < -0.3 is 0 Å². The summed E-state index contributed by atoms with van der Waals surface area (Å²) in [5, 5.41) is 11.6. The summed E-state index contributed by atoms with van der Waals surface area (Å²) in [5.41, 5.74) is 7.55. The van der Waals surface area contributed by atoms with Gasteiger partial charge in [-0.15, -0.1) is 0 Å². The van der Waals surface area contributed by atoms with Gasteiger partial charge in [-0.2, -0.15) is 0 Å². The lowest BCUT2D eigenvalue weighted by Gasteiger charge is -2.18. The van der Waals surface area contributed by atoms with Crippen LogP contribution < -0.4 is 0 Å². The summed E-state index contributed by atoms with van der Waals surface area (Å²) in [6.07, 6.45) is 4.09. The highest BCUT2D eigenvalue weighted by Gasteiger charge is 2.21. The van der Waals surface area contributed by atoms with Gasteiger partial charge in [0.05, 0.1) is 17.4 Å². The molecular formula is C35H26N2. The molecule has 0 unspecified atom stereocenters. The number of aromatic nitrogens is 2. The number of aryl methyl sites for hydroxylation is 2. The molecule has 2 heteroatoms. The van der Waals surface area contributed by atoms with Crippen molar-refractivity contribution in [3.8, 4) is 11.3 Å². The zero-order chi connectivity index (χ0) is 24.7. The Morgan fingerprint density at radius 3 is 2.11 bits per heavy atom. The predicted octanol–water partition coefficient (Wildman–Crippen LogP) is 9.33. The second kappa shape index (κ2) is 7.54. The number of rotatable bonds is 3. The Bertz CT molecular complexity index is 2140. The van der Waals surface area contributed by atoms with E-state index >= 15 is 0 Å². The summed E-state index contributed by atoms with van der Waals surface area (Å²) in [6.45, 7) is 4.50. The molecule has 0 aliphatic heterocycles. The van der Waals surface area contributed by atoms with E-state index in [1.165, 1.54) is 76.4 Å². The Labute approximate surface area is 215 Å². The Hall–Kier alpha value is -4.43. The van der Waals surface area contributed by atoms with Crippen molar-refractivity contribution in [2.24, 2.45) is 0 Å². The number of benzene rings is 6. The van der Waals surface area contributed by atoms with Crippen LogP contribution in [0.4, 0.5) is 0 Å². The lowest BCUT2D eigenvalue weighted by molar-refractivity contribution is 1.08. The van der Waals surface area contributed by atoms with Crippen LogP contribution in [0.5, 0.6) is 0 Å². The van der Waals surface area contributed by atoms with Gasteiger partial charge in [-0.3, -0.25) is 4.40 Å². The molecule has 0 aliphatic carbocycles. The molecule has 8 aromatic rings. The van der Waals surface area contributed by atoms with Crippen LogP contribution in [0.2, 0.25) is 0 Å². The van der Waals surface area contributed by atoms with Crippen molar-refractivity contribution in [2.45, 2.75) is 26.7 Å². The SMILES string of the molecule is CCc1cccc(CC)c1-c1cnc2c3cccc4ccc5c6cc7ccccc7cc6cc(c5c43)n12. The van der Waals surface area contributed by atoms with E-state index in [9.17, 15) is 0 Å². The summed E-state index contributed by atoms with van der Waals surface area (Å²) in [6, 6.07) is 33.8. The van der Waals surface area contributed by atoms with Crippen molar-refractivity contribution in [3.63, 3.8) is 0 Å². The molecule has 176 valence electrons. The first kappa shape index (κ1) is 20.7. The zero-order valence-corrected chi connectivity index (χ0v) is 21.0. The number of hydrogen-bond donors (Lipinski definition) is 0. The first-order valence-corrected chi connectivity index (χ1v) is 13.3. The molecule has 0 N–H and O–H groups in total. The minimum absolute atomic E-state index is 0.995. The first-order chi connectivity index (χ1) is 18.3. The molecule has 2 nitrogen and oxygen atoms in total. The molecule has 0 fully saturated rings. The van der Waals surface area contributed by atoms with Gasteiger partial charge in [0.15, 0.2) is 0 Å². The first-order valence-electron chi connectivity index (χ1n) is 13.3. The largest absolute Gasteiger partial charge is 0.292 e. The van der Waals surface area contributed by atoms with Crippen molar-refractivity contribution in [1.29, 1.82) is 0 Å². The molecule has 0 radical (unpaired) electrons. The third-order valence-corrected chi connectivity index (χ3v) is 8.30. The molecule has 0 saturated carbocycles. The highest BCUT2D eigenvalue weighted by molar-refractivity contribution is 6.31. The van der Waals surface area contributed by atoms with Crippen molar-refractivity contribution in [1.82, 2.24) is 9.38 Å². The molecule has 6 aromatic carbocycles. The van der Waals surface area contributed by atoms with E-state index in [0.29, 0.717) is 0 Å². The number of imidazole rings is 1. The molecule has 2 heterocycles. The van der Waals surface area contributed by atoms with Crippen molar-refractivity contribution in [2.75, 3.05) is 0 Å². The van der Waals surface area contributed by atoms with Crippen LogP contribution in [-0.4, -0.2) is 9.38 Å². The highest BCUT2D eigenvalue weighted by atomic mass is 15.0. The average Bonchev–Trinajstić information content (AvgIpc) is 3.39. The van der Waals surface area contributed by atoms with Crippen LogP contribution in [0.1, 0.15) is 25.0 Å². The summed E-state index contributed by atoms with van der Waals surface area (Å²) in [5.74, 6) is 0. The quantitative estimate of drug-likeness (QED) is 0.184. The maximum Gasteiger partial charge on any atom is 0.145 e. The van der Waals surface area contributed by atoms with E-state index in [1.54, 1.807) is 0 Å². The second-order valence-electron chi connectivity index (χ2n) is 10.2. The number of nitrogens with zero attached hydrogens (tertiary/aromatic N) is 2. The molecule has 0 spiro atoms. The fourth-order valence-corrected chi connectivity index (χ4v) is 6.60. The molecule has 2 aromatic heterocycles. The van der Waals surface area contributed by atoms with Gasteiger partial charge in [-0.1, -0.05) is 86.6 Å². The van der Waals surface area contributed by atoms with E-state index in [4.69, 9.17) is 4.98 Å². The lowest BCUT2D eigenvalue weighted by atomic mass is 9.91. The summed E-state index contributed by atoms with van der Waals surface area (Å²) < 4.78 is 2.44. The van der Waals surface area contributed by atoms with E-state index in [2.05, 4.69) is 115 Å². The maximum atomic E-state index is 5.09. The van der Waals surface area contributed by atoms with Crippen LogP contribution in [0.25, 0.3) is 70.9 Å².